The van der Waals surface area contributed by atoms with E-state index in [1.165, 1.54) is 21.9 Å². The smallest absolute Gasteiger partial charge is 0.325 e. The van der Waals surface area contributed by atoms with Crippen LogP contribution in [0.25, 0.3) is 0 Å². The summed E-state index contributed by atoms with van der Waals surface area (Å²) in [6.45, 7) is -0.227. The van der Waals surface area contributed by atoms with Crippen molar-refractivity contribution in [1.29, 1.82) is 0 Å². The quantitative estimate of drug-likeness (QED) is 0.548. The van der Waals surface area contributed by atoms with E-state index in [2.05, 4.69) is 10.3 Å². The number of urea groups is 1. The minimum atomic E-state index is -4.62. The van der Waals surface area contributed by atoms with Gasteiger partial charge in [0.2, 0.25) is 5.91 Å². The number of amides is 3. The summed E-state index contributed by atoms with van der Waals surface area (Å²) in [5.41, 5.74) is -2.59. The van der Waals surface area contributed by atoms with E-state index in [1.54, 1.807) is 0 Å². The second-order valence-electron chi connectivity index (χ2n) is 8.77. The number of hydrogen-bond acceptors (Lipinski definition) is 3. The number of alkyl halides is 6. The number of hydrogen-bond donors (Lipinski definition) is 1. The number of rotatable bonds is 4. The summed E-state index contributed by atoms with van der Waals surface area (Å²) >= 11 is 0. The molecule has 2 aromatic rings. The van der Waals surface area contributed by atoms with E-state index in [0.717, 1.165) is 49.7 Å². The Morgan fingerprint density at radius 2 is 1.71 bits per heavy atom. The molecule has 1 saturated heterocycles. The molecule has 35 heavy (non-hydrogen) atoms. The standard InChI is InChI=1S/C23H22F6N4O2/c24-22(25,26)15-5-4-6-16(11-15)31-19(34)13-33-20(35)32(14-21(33)9-2-1-3-10-21)17-7-8-18(30-12-17)23(27,28)29/h4-8,11-12H,1-3,9-10,13-14H2,(H,31,34). The molecule has 188 valence electrons. The van der Waals surface area contributed by atoms with Crippen molar-refractivity contribution < 1.29 is 35.9 Å². The van der Waals surface area contributed by atoms with Crippen LogP contribution in [0.1, 0.15) is 43.4 Å². The second kappa shape index (κ2) is 9.04. The Morgan fingerprint density at radius 1 is 1.00 bits per heavy atom. The van der Waals surface area contributed by atoms with Crippen LogP contribution in [0.2, 0.25) is 0 Å². The van der Waals surface area contributed by atoms with E-state index in [-0.39, 0.29) is 17.9 Å². The highest BCUT2D eigenvalue weighted by Gasteiger charge is 2.51. The Kier molecular flexibility index (Phi) is 6.41. The van der Waals surface area contributed by atoms with E-state index in [1.807, 2.05) is 0 Å². The predicted molar refractivity (Wildman–Crippen MR) is 115 cm³/mol. The van der Waals surface area contributed by atoms with Crippen molar-refractivity contribution in [1.82, 2.24) is 9.88 Å². The van der Waals surface area contributed by atoms with Gasteiger partial charge >= 0.3 is 18.4 Å². The van der Waals surface area contributed by atoms with Gasteiger partial charge in [-0.3, -0.25) is 9.69 Å². The van der Waals surface area contributed by atoms with Crippen LogP contribution in [-0.2, 0) is 17.1 Å². The number of carbonyl (C=O) groups is 2. The molecule has 4 rings (SSSR count). The first-order chi connectivity index (χ1) is 16.4. The van der Waals surface area contributed by atoms with Gasteiger partial charge in [-0.2, -0.15) is 26.3 Å². The fourth-order valence-electron chi connectivity index (χ4n) is 4.70. The largest absolute Gasteiger partial charge is 0.433 e. The number of nitrogens with zero attached hydrogens (tertiary/aromatic N) is 3. The highest BCUT2D eigenvalue weighted by atomic mass is 19.4. The van der Waals surface area contributed by atoms with Crippen molar-refractivity contribution in [2.75, 3.05) is 23.3 Å². The van der Waals surface area contributed by atoms with E-state index < -0.39 is 47.6 Å². The summed E-state index contributed by atoms with van der Waals surface area (Å²) in [5, 5.41) is 2.41. The highest BCUT2D eigenvalue weighted by Crippen LogP contribution is 2.41. The molecule has 0 unspecified atom stereocenters. The van der Waals surface area contributed by atoms with Gasteiger partial charge in [0.15, 0.2) is 0 Å². The van der Waals surface area contributed by atoms with Gasteiger partial charge in [0.1, 0.15) is 12.2 Å². The molecule has 0 atom stereocenters. The number of aromatic nitrogens is 1. The lowest BCUT2D eigenvalue weighted by Gasteiger charge is -2.39. The minimum absolute atomic E-state index is 0.0574. The zero-order valence-corrected chi connectivity index (χ0v) is 18.4. The molecule has 2 fully saturated rings. The summed E-state index contributed by atoms with van der Waals surface area (Å²) < 4.78 is 77.6. The first kappa shape index (κ1) is 24.8. The van der Waals surface area contributed by atoms with Gasteiger partial charge < -0.3 is 10.2 Å². The van der Waals surface area contributed by atoms with E-state index in [4.69, 9.17) is 0 Å². The highest BCUT2D eigenvalue weighted by molar-refractivity contribution is 6.00. The van der Waals surface area contributed by atoms with Crippen LogP contribution in [0.15, 0.2) is 42.6 Å². The molecule has 1 aliphatic heterocycles. The average molecular weight is 500 g/mol. The normalized spacial score (nSPS) is 18.3. The number of carbonyl (C=O) groups excluding carboxylic acids is 2. The maximum absolute atomic E-state index is 13.3. The van der Waals surface area contributed by atoms with Crippen LogP contribution in [-0.4, -0.2) is 40.5 Å². The maximum Gasteiger partial charge on any atom is 0.433 e. The molecule has 1 aromatic carbocycles. The van der Waals surface area contributed by atoms with Crippen molar-refractivity contribution >= 4 is 23.3 Å². The molecule has 1 spiro atoms. The first-order valence-electron chi connectivity index (χ1n) is 11.0. The van der Waals surface area contributed by atoms with Gasteiger partial charge in [-0.05, 0) is 43.2 Å². The molecule has 2 heterocycles. The number of anilines is 2. The predicted octanol–water partition coefficient (Wildman–Crippen LogP) is 5.70. The van der Waals surface area contributed by atoms with Crippen molar-refractivity contribution in [3.8, 4) is 0 Å². The zero-order chi connectivity index (χ0) is 25.4. The fourth-order valence-corrected chi connectivity index (χ4v) is 4.70. The Balaban J connectivity index is 1.55. The number of pyridine rings is 1. The lowest BCUT2D eigenvalue weighted by atomic mass is 9.81. The summed E-state index contributed by atoms with van der Waals surface area (Å²) in [6.07, 6.45) is -4.47. The lowest BCUT2D eigenvalue weighted by Crippen LogP contribution is -2.51. The van der Waals surface area contributed by atoms with E-state index in [0.29, 0.717) is 12.8 Å². The third-order valence-electron chi connectivity index (χ3n) is 6.40. The van der Waals surface area contributed by atoms with Gasteiger partial charge in [0.05, 0.1) is 29.5 Å². The molecule has 1 aromatic heterocycles. The zero-order valence-electron chi connectivity index (χ0n) is 18.4. The van der Waals surface area contributed by atoms with Gasteiger partial charge in [0, 0.05) is 5.69 Å². The SMILES string of the molecule is O=C(CN1C(=O)N(c2ccc(C(F)(F)F)nc2)CC12CCCCC2)Nc1cccc(C(F)(F)F)c1. The van der Waals surface area contributed by atoms with Gasteiger partial charge in [-0.15, -0.1) is 0 Å². The van der Waals surface area contributed by atoms with Gasteiger partial charge in [0.25, 0.3) is 0 Å². The molecule has 12 heteroatoms. The molecular weight excluding hydrogens is 478 g/mol. The number of benzene rings is 1. The molecule has 3 amide bonds. The van der Waals surface area contributed by atoms with Crippen LogP contribution in [0.5, 0.6) is 0 Å². The maximum atomic E-state index is 13.3. The van der Waals surface area contributed by atoms with Gasteiger partial charge in [-0.25, -0.2) is 9.78 Å². The second-order valence-corrected chi connectivity index (χ2v) is 8.77. The molecule has 1 N–H and O–H groups in total. The molecule has 1 saturated carbocycles. The topological polar surface area (TPSA) is 65.5 Å². The first-order valence-corrected chi connectivity index (χ1v) is 11.0. The third-order valence-corrected chi connectivity index (χ3v) is 6.40. The van der Waals surface area contributed by atoms with Crippen molar-refractivity contribution in [3.63, 3.8) is 0 Å². The Hall–Kier alpha value is -3.31. The van der Waals surface area contributed by atoms with Crippen LogP contribution in [0.4, 0.5) is 42.5 Å². The fraction of sp³-hybridized carbons (Fsp3) is 0.435. The molecule has 0 radical (unpaired) electrons. The summed E-state index contributed by atoms with van der Waals surface area (Å²) in [7, 11) is 0. The van der Waals surface area contributed by atoms with Crippen molar-refractivity contribution in [2.45, 2.75) is 50.0 Å². The van der Waals surface area contributed by atoms with Crippen LogP contribution < -0.4 is 10.2 Å². The van der Waals surface area contributed by atoms with Crippen LogP contribution in [0.3, 0.4) is 0 Å². The molecule has 2 aliphatic rings. The molecular formula is C23H22F6N4O2. The third kappa shape index (κ3) is 5.20. The molecule has 1 aliphatic carbocycles. The Bertz CT molecular complexity index is 1090. The average Bonchev–Trinajstić information content (AvgIpc) is 3.04. The molecule has 6 nitrogen and oxygen atoms in total. The van der Waals surface area contributed by atoms with Crippen molar-refractivity contribution in [2.24, 2.45) is 0 Å². The summed E-state index contributed by atoms with van der Waals surface area (Å²) in [5.74, 6) is -0.671. The van der Waals surface area contributed by atoms with Crippen molar-refractivity contribution in [3.05, 3.63) is 53.9 Å². The lowest BCUT2D eigenvalue weighted by molar-refractivity contribution is -0.141. The summed E-state index contributed by atoms with van der Waals surface area (Å²) in [6, 6.07) is 5.56. The monoisotopic (exact) mass is 500 g/mol. The Labute approximate surface area is 196 Å². The van der Waals surface area contributed by atoms with Crippen LogP contribution in [0, 0.1) is 0 Å². The van der Waals surface area contributed by atoms with E-state index in [9.17, 15) is 35.9 Å². The minimum Gasteiger partial charge on any atom is -0.325 e. The van der Waals surface area contributed by atoms with Gasteiger partial charge in [-0.1, -0.05) is 25.3 Å². The number of nitrogens with one attached hydrogen (secondary N) is 1. The summed E-state index contributed by atoms with van der Waals surface area (Å²) in [4.78, 5) is 32.2. The van der Waals surface area contributed by atoms with Crippen LogP contribution >= 0.6 is 0 Å². The van der Waals surface area contributed by atoms with E-state index >= 15 is 0 Å². The Morgan fingerprint density at radius 3 is 2.31 bits per heavy atom. The number of halogens is 6. The molecule has 0 bridgehead atoms.